The summed E-state index contributed by atoms with van der Waals surface area (Å²) >= 11 is 0. The Labute approximate surface area is 229 Å². The van der Waals surface area contributed by atoms with Crippen LogP contribution in [-0.2, 0) is 7.05 Å². The smallest absolute Gasteiger partial charge is 0.125 e. The molecule has 4 aromatic rings. The number of anilines is 2. The van der Waals surface area contributed by atoms with Crippen LogP contribution in [0.4, 0.5) is 11.4 Å². The number of likely N-dealkylation sites (tertiary alicyclic amines) is 1. The van der Waals surface area contributed by atoms with Crippen LogP contribution >= 0.6 is 12.4 Å². The maximum atomic E-state index is 9.25. The highest BCUT2D eigenvalue weighted by atomic mass is 35.5. The second-order valence-electron chi connectivity index (χ2n) is 9.32. The normalized spacial score (nSPS) is 13.4. The molecule has 9 nitrogen and oxygen atoms in total. The van der Waals surface area contributed by atoms with Crippen molar-refractivity contribution in [3.63, 3.8) is 0 Å². The van der Waals surface area contributed by atoms with Crippen LogP contribution in [0.1, 0.15) is 19.3 Å². The summed E-state index contributed by atoms with van der Waals surface area (Å²) in [6.07, 6.45) is 9.12. The van der Waals surface area contributed by atoms with Crippen molar-refractivity contribution in [1.82, 2.24) is 24.6 Å². The first-order valence-corrected chi connectivity index (χ1v) is 12.8. The van der Waals surface area contributed by atoms with Gasteiger partial charge in [0.2, 0.25) is 0 Å². The number of halogens is 1. The van der Waals surface area contributed by atoms with Gasteiger partial charge in [-0.2, -0.15) is 5.10 Å². The molecule has 5 rings (SSSR count). The topological polar surface area (TPSA) is 88.8 Å². The number of fused-ring (bicyclic) bond motifs is 1. The van der Waals surface area contributed by atoms with Gasteiger partial charge in [0.15, 0.2) is 0 Å². The number of methoxy groups -OCH3 is 1. The SMILES string of the molecule is COc1cc(OCCO)cc(N(CCCN2CCCC2)c2ccc3ncc(-c4cnn(C)c4)nc3c2)c1.Cl. The van der Waals surface area contributed by atoms with Gasteiger partial charge in [-0.25, -0.2) is 4.98 Å². The van der Waals surface area contributed by atoms with E-state index >= 15 is 0 Å². The first-order valence-electron chi connectivity index (χ1n) is 12.8. The van der Waals surface area contributed by atoms with Crippen LogP contribution in [0.15, 0.2) is 55.0 Å². The van der Waals surface area contributed by atoms with E-state index in [1.807, 2.05) is 37.5 Å². The van der Waals surface area contributed by atoms with Crippen LogP contribution in [0.3, 0.4) is 0 Å². The number of ether oxygens (including phenoxy) is 2. The lowest BCUT2D eigenvalue weighted by Gasteiger charge is -2.27. The average Bonchev–Trinajstić information content (AvgIpc) is 3.61. The highest BCUT2D eigenvalue weighted by Gasteiger charge is 2.17. The van der Waals surface area contributed by atoms with E-state index in [9.17, 15) is 5.11 Å². The number of rotatable bonds is 11. The molecule has 1 aliphatic heterocycles. The molecule has 202 valence electrons. The molecule has 2 aromatic heterocycles. The molecule has 1 N–H and O–H groups in total. The Bertz CT molecular complexity index is 1340. The van der Waals surface area contributed by atoms with Crippen LogP contribution in [-0.4, -0.2) is 76.3 Å². The van der Waals surface area contributed by atoms with Gasteiger partial charge >= 0.3 is 0 Å². The van der Waals surface area contributed by atoms with Crippen molar-refractivity contribution < 1.29 is 14.6 Å². The first-order chi connectivity index (χ1) is 18.1. The maximum absolute atomic E-state index is 9.25. The summed E-state index contributed by atoms with van der Waals surface area (Å²) < 4.78 is 13.1. The Morgan fingerprint density at radius 3 is 2.55 bits per heavy atom. The van der Waals surface area contributed by atoms with Gasteiger partial charge in [-0.3, -0.25) is 9.67 Å². The molecule has 0 radical (unpaired) electrons. The summed E-state index contributed by atoms with van der Waals surface area (Å²) in [5.41, 5.74) is 5.37. The average molecular weight is 539 g/mol. The van der Waals surface area contributed by atoms with E-state index in [-0.39, 0.29) is 25.6 Å². The van der Waals surface area contributed by atoms with Gasteiger partial charge in [-0.05, 0) is 57.1 Å². The Balaban J connectivity index is 0.00000336. The lowest BCUT2D eigenvalue weighted by atomic mass is 10.1. The predicted molar refractivity (Wildman–Crippen MR) is 152 cm³/mol. The van der Waals surface area contributed by atoms with Gasteiger partial charge in [0.25, 0.3) is 0 Å². The third kappa shape index (κ3) is 6.53. The minimum absolute atomic E-state index is 0. The fraction of sp³-hybridized carbons (Fsp3) is 0.393. The summed E-state index contributed by atoms with van der Waals surface area (Å²) in [5, 5.41) is 13.5. The van der Waals surface area contributed by atoms with Gasteiger partial charge < -0.3 is 24.4 Å². The Hall–Kier alpha value is -3.40. The van der Waals surface area contributed by atoms with Crippen LogP contribution in [0.25, 0.3) is 22.3 Å². The third-order valence-electron chi connectivity index (χ3n) is 6.67. The lowest BCUT2D eigenvalue weighted by Crippen LogP contribution is -2.26. The number of benzene rings is 2. The van der Waals surface area contributed by atoms with Crippen molar-refractivity contribution in [2.75, 3.05) is 51.4 Å². The number of aliphatic hydroxyl groups excluding tert-OH is 1. The molecule has 1 fully saturated rings. The Morgan fingerprint density at radius 1 is 1.00 bits per heavy atom. The first kappa shape index (κ1) is 27.6. The fourth-order valence-electron chi connectivity index (χ4n) is 4.80. The molecule has 2 aromatic carbocycles. The molecular formula is C28H35ClN6O3. The number of aryl methyl sites for hydroxylation is 1. The van der Waals surface area contributed by atoms with Crippen LogP contribution in [0.5, 0.6) is 11.5 Å². The summed E-state index contributed by atoms with van der Waals surface area (Å²) in [6, 6.07) is 12.0. The highest BCUT2D eigenvalue weighted by Crippen LogP contribution is 2.34. The second-order valence-corrected chi connectivity index (χ2v) is 9.32. The maximum Gasteiger partial charge on any atom is 0.125 e. The molecule has 0 spiro atoms. The minimum Gasteiger partial charge on any atom is -0.497 e. The zero-order valence-electron chi connectivity index (χ0n) is 21.9. The zero-order valence-corrected chi connectivity index (χ0v) is 22.7. The minimum atomic E-state index is -0.0469. The monoisotopic (exact) mass is 538 g/mol. The van der Waals surface area contributed by atoms with E-state index in [1.165, 1.54) is 25.9 Å². The third-order valence-corrected chi connectivity index (χ3v) is 6.67. The molecule has 0 saturated carbocycles. The number of nitrogens with zero attached hydrogens (tertiary/aromatic N) is 6. The fourth-order valence-corrected chi connectivity index (χ4v) is 4.80. The van der Waals surface area contributed by atoms with E-state index < -0.39 is 0 Å². The van der Waals surface area contributed by atoms with Gasteiger partial charge in [0.05, 0.1) is 42.8 Å². The molecule has 0 amide bonds. The number of aromatic nitrogens is 4. The van der Waals surface area contributed by atoms with E-state index in [2.05, 4.69) is 32.0 Å². The molecule has 0 atom stereocenters. The van der Waals surface area contributed by atoms with Gasteiger partial charge in [-0.15, -0.1) is 12.4 Å². The number of hydrogen-bond donors (Lipinski definition) is 1. The van der Waals surface area contributed by atoms with Crippen molar-refractivity contribution in [3.05, 3.63) is 55.0 Å². The van der Waals surface area contributed by atoms with E-state index in [1.54, 1.807) is 24.2 Å². The second kappa shape index (κ2) is 12.9. The molecule has 0 bridgehead atoms. The van der Waals surface area contributed by atoms with Crippen LogP contribution in [0.2, 0.25) is 0 Å². The quantitative estimate of drug-likeness (QED) is 0.299. The number of hydrogen-bond acceptors (Lipinski definition) is 8. The molecule has 10 heteroatoms. The van der Waals surface area contributed by atoms with Crippen molar-refractivity contribution >= 4 is 34.8 Å². The van der Waals surface area contributed by atoms with Crippen molar-refractivity contribution in [2.24, 2.45) is 7.05 Å². The van der Waals surface area contributed by atoms with Gasteiger partial charge in [-0.1, -0.05) is 0 Å². The number of aliphatic hydroxyl groups is 1. The summed E-state index contributed by atoms with van der Waals surface area (Å²) in [6.45, 7) is 4.43. The van der Waals surface area contributed by atoms with Crippen molar-refractivity contribution in [2.45, 2.75) is 19.3 Å². The summed E-state index contributed by atoms with van der Waals surface area (Å²) in [4.78, 5) is 14.4. The molecule has 0 unspecified atom stereocenters. The van der Waals surface area contributed by atoms with Crippen molar-refractivity contribution in [3.8, 4) is 22.8 Å². The summed E-state index contributed by atoms with van der Waals surface area (Å²) in [7, 11) is 3.54. The summed E-state index contributed by atoms with van der Waals surface area (Å²) in [5.74, 6) is 1.36. The van der Waals surface area contributed by atoms with Gasteiger partial charge in [0.1, 0.15) is 18.1 Å². The van der Waals surface area contributed by atoms with Gasteiger partial charge in [0, 0.05) is 54.9 Å². The van der Waals surface area contributed by atoms with E-state index in [4.69, 9.17) is 14.5 Å². The molecule has 1 aliphatic rings. The Morgan fingerprint density at radius 2 is 1.82 bits per heavy atom. The largest absolute Gasteiger partial charge is 0.497 e. The molecule has 3 heterocycles. The zero-order chi connectivity index (χ0) is 25.6. The molecular weight excluding hydrogens is 504 g/mol. The van der Waals surface area contributed by atoms with E-state index in [0.29, 0.717) is 11.5 Å². The van der Waals surface area contributed by atoms with Crippen molar-refractivity contribution in [1.29, 1.82) is 0 Å². The molecule has 0 aliphatic carbocycles. The molecule has 1 saturated heterocycles. The van der Waals surface area contributed by atoms with E-state index in [0.717, 1.165) is 53.2 Å². The van der Waals surface area contributed by atoms with Crippen LogP contribution in [0, 0.1) is 0 Å². The standard InChI is InChI=1S/C28H34N6O3.ClH/c1-32-20-21(18-30-32)28-19-29-26-7-6-22(16-27(26)31-28)34(11-5-10-33-8-3-4-9-33)23-14-24(36-2)17-25(15-23)37-13-12-35;/h6-7,14-20,35H,3-5,8-13H2,1-2H3;1H. The Kier molecular flexibility index (Phi) is 9.38. The molecule has 38 heavy (non-hydrogen) atoms. The van der Waals surface area contributed by atoms with Crippen LogP contribution < -0.4 is 14.4 Å². The lowest BCUT2D eigenvalue weighted by molar-refractivity contribution is 0.201. The predicted octanol–water partition coefficient (Wildman–Crippen LogP) is 4.46. The highest BCUT2D eigenvalue weighted by molar-refractivity contribution is 5.85.